The van der Waals surface area contributed by atoms with Gasteiger partial charge in [-0.1, -0.05) is 112 Å². The summed E-state index contributed by atoms with van der Waals surface area (Å²) in [5.41, 5.74) is 7.80. The summed E-state index contributed by atoms with van der Waals surface area (Å²) in [4.78, 5) is 23.9. The van der Waals surface area contributed by atoms with E-state index in [0.717, 1.165) is 33.7 Å². The molecule has 3 aromatic carbocycles. The Hall–Kier alpha value is -4.00. The minimum absolute atomic E-state index is 0.0146. The molecule has 3 aromatic rings. The quantitative estimate of drug-likeness (QED) is 0.0881. The highest BCUT2D eigenvalue weighted by Gasteiger charge is 2.22. The van der Waals surface area contributed by atoms with Crippen molar-refractivity contribution < 1.29 is 29.3 Å². The van der Waals surface area contributed by atoms with Crippen LogP contribution in [0, 0.1) is 5.92 Å². The number of carbonyl (C=O) groups is 2. The van der Waals surface area contributed by atoms with Crippen LogP contribution in [0.25, 0.3) is 22.3 Å². The monoisotopic (exact) mass is 638 g/mol. The lowest BCUT2D eigenvalue weighted by molar-refractivity contribution is -0.140. The molecule has 0 aromatic heterocycles. The zero-order valence-corrected chi connectivity index (χ0v) is 27.8. The van der Waals surface area contributed by atoms with Crippen LogP contribution in [0.3, 0.4) is 0 Å². The number of aliphatic hydroxyl groups excluding tert-OH is 2. The molecule has 0 saturated heterocycles. The van der Waals surface area contributed by atoms with E-state index in [9.17, 15) is 9.59 Å². The molecular weight excluding hydrogens is 588 g/mol. The number of hydrogen-bond donors (Lipinski definition) is 2. The van der Waals surface area contributed by atoms with Crippen molar-refractivity contribution in [2.45, 2.75) is 77.0 Å². The van der Waals surface area contributed by atoms with Gasteiger partial charge in [0, 0.05) is 12.8 Å². The highest BCUT2D eigenvalue weighted by molar-refractivity contribution is 5.88. The lowest BCUT2D eigenvalue weighted by Gasteiger charge is -2.29. The summed E-state index contributed by atoms with van der Waals surface area (Å²) in [5, 5.41) is 18.3. The number of esters is 2. The van der Waals surface area contributed by atoms with E-state index in [2.05, 4.69) is 80.7 Å². The molecule has 250 valence electrons. The van der Waals surface area contributed by atoms with Crippen molar-refractivity contribution in [3.05, 3.63) is 108 Å². The van der Waals surface area contributed by atoms with Gasteiger partial charge in [-0.15, -0.1) is 0 Å². The molecule has 4 rings (SSSR count). The fraction of sp³-hybridized carbons (Fsp3) is 0.415. The Bertz CT molecular complexity index is 1430. The van der Waals surface area contributed by atoms with E-state index in [1.54, 1.807) is 0 Å². The number of carbonyl (C=O) groups excluding carboxylic acids is 2. The number of aliphatic hydroxyl groups is 2. The van der Waals surface area contributed by atoms with Crippen molar-refractivity contribution in [1.82, 2.24) is 0 Å². The van der Waals surface area contributed by atoms with Crippen LogP contribution in [-0.2, 0) is 31.9 Å². The average molecular weight is 639 g/mol. The van der Waals surface area contributed by atoms with Crippen molar-refractivity contribution in [3.63, 3.8) is 0 Å². The topological polar surface area (TPSA) is 93.1 Å². The normalized spacial score (nSPS) is 16.0. The number of ether oxygens (including phenoxy) is 2. The highest BCUT2D eigenvalue weighted by atomic mass is 16.5. The molecule has 0 aliphatic heterocycles. The molecule has 47 heavy (non-hydrogen) atoms. The Labute approximate surface area is 280 Å². The zero-order valence-electron chi connectivity index (χ0n) is 27.8. The third-order valence-corrected chi connectivity index (χ3v) is 9.26. The smallest absolute Gasteiger partial charge is 0.335 e. The Morgan fingerprint density at radius 3 is 1.62 bits per heavy atom. The highest BCUT2D eigenvalue weighted by Crippen LogP contribution is 2.38. The molecule has 0 radical (unpaired) electrons. The molecule has 0 heterocycles. The molecule has 6 nitrogen and oxygen atoms in total. The lowest BCUT2D eigenvalue weighted by Crippen LogP contribution is -2.13. The predicted molar refractivity (Wildman–Crippen MR) is 188 cm³/mol. The SMILES string of the molecule is C=C(CO)C(=O)OCCc1cc(CCOC(=O)C(=C)CO)cc(-c2ccc(-c3ccc(C4CCC(CCCCC)CC4)cc3)cc2)c1. The van der Waals surface area contributed by atoms with Gasteiger partial charge in [-0.05, 0) is 76.5 Å². The molecule has 0 unspecified atom stereocenters. The van der Waals surface area contributed by atoms with Crippen LogP contribution in [0.4, 0.5) is 0 Å². The van der Waals surface area contributed by atoms with E-state index in [4.69, 9.17) is 19.7 Å². The molecule has 0 bridgehead atoms. The maximum absolute atomic E-state index is 11.9. The third kappa shape index (κ3) is 10.8. The minimum atomic E-state index is -0.617. The van der Waals surface area contributed by atoms with Gasteiger partial charge in [0.15, 0.2) is 0 Å². The van der Waals surface area contributed by atoms with Gasteiger partial charge >= 0.3 is 11.9 Å². The number of unbranched alkanes of at least 4 members (excludes halogenated alkanes) is 2. The van der Waals surface area contributed by atoms with E-state index in [0.29, 0.717) is 18.8 Å². The van der Waals surface area contributed by atoms with E-state index in [1.807, 2.05) is 6.07 Å². The van der Waals surface area contributed by atoms with Gasteiger partial charge < -0.3 is 19.7 Å². The summed E-state index contributed by atoms with van der Waals surface area (Å²) < 4.78 is 10.5. The van der Waals surface area contributed by atoms with Crippen LogP contribution in [-0.4, -0.2) is 48.6 Å². The second-order valence-corrected chi connectivity index (χ2v) is 12.7. The van der Waals surface area contributed by atoms with E-state index in [1.165, 1.54) is 62.5 Å². The van der Waals surface area contributed by atoms with Gasteiger partial charge in [0.05, 0.1) is 37.6 Å². The Kier molecular flexibility index (Phi) is 14.0. The average Bonchev–Trinajstić information content (AvgIpc) is 3.11. The second kappa shape index (κ2) is 18.4. The Morgan fingerprint density at radius 2 is 1.15 bits per heavy atom. The maximum Gasteiger partial charge on any atom is 0.335 e. The van der Waals surface area contributed by atoms with E-state index >= 15 is 0 Å². The third-order valence-electron chi connectivity index (χ3n) is 9.26. The van der Waals surface area contributed by atoms with Gasteiger partial charge in [-0.25, -0.2) is 9.59 Å². The molecule has 1 saturated carbocycles. The molecule has 1 aliphatic carbocycles. The van der Waals surface area contributed by atoms with Crippen LogP contribution in [0.1, 0.15) is 80.9 Å². The molecule has 0 amide bonds. The van der Waals surface area contributed by atoms with Crippen molar-refractivity contribution in [2.24, 2.45) is 5.92 Å². The first-order valence-corrected chi connectivity index (χ1v) is 17.1. The molecule has 1 fully saturated rings. The number of benzene rings is 3. The first kappa shape index (κ1) is 35.8. The molecule has 0 spiro atoms. The van der Waals surface area contributed by atoms with Crippen LogP contribution >= 0.6 is 0 Å². The Balaban J connectivity index is 1.43. The van der Waals surface area contributed by atoms with Crippen LogP contribution in [0.15, 0.2) is 91.0 Å². The number of rotatable bonds is 17. The van der Waals surface area contributed by atoms with Crippen molar-refractivity contribution in [2.75, 3.05) is 26.4 Å². The maximum atomic E-state index is 11.9. The first-order chi connectivity index (χ1) is 22.8. The van der Waals surface area contributed by atoms with E-state index < -0.39 is 25.2 Å². The van der Waals surface area contributed by atoms with Gasteiger partial charge in [-0.2, -0.15) is 0 Å². The molecule has 1 aliphatic rings. The predicted octanol–water partition coefficient (Wildman–Crippen LogP) is 8.14. The summed E-state index contributed by atoms with van der Waals surface area (Å²) in [6, 6.07) is 23.8. The summed E-state index contributed by atoms with van der Waals surface area (Å²) in [5.74, 6) is 0.351. The van der Waals surface area contributed by atoms with Crippen LogP contribution in [0.5, 0.6) is 0 Å². The van der Waals surface area contributed by atoms with Gasteiger partial charge in [0.25, 0.3) is 0 Å². The molecular formula is C41H50O6. The standard InChI is InChI=1S/C41H50O6/c1-4-5-6-7-31-8-10-34(11-9-31)35-12-14-36(15-13-35)37-16-18-38(19-17-37)39-25-32(20-22-46-40(44)29(2)27-42)24-33(26-39)21-23-47-41(45)30(3)28-43/h12-19,24-26,31,34,42-43H,2-11,20-23,27-28H2,1H3. The fourth-order valence-corrected chi connectivity index (χ4v) is 6.34. The summed E-state index contributed by atoms with van der Waals surface area (Å²) in [7, 11) is 0. The molecule has 6 heteroatoms. The van der Waals surface area contributed by atoms with Crippen LogP contribution in [0.2, 0.25) is 0 Å². The van der Waals surface area contributed by atoms with Gasteiger partial charge in [0.2, 0.25) is 0 Å². The van der Waals surface area contributed by atoms with Crippen molar-refractivity contribution in [3.8, 4) is 22.3 Å². The van der Waals surface area contributed by atoms with Crippen molar-refractivity contribution in [1.29, 1.82) is 0 Å². The zero-order chi connectivity index (χ0) is 33.6. The Morgan fingerprint density at radius 1 is 0.681 bits per heavy atom. The minimum Gasteiger partial charge on any atom is -0.462 e. The summed E-state index contributed by atoms with van der Waals surface area (Å²) in [6.07, 6.45) is 11.7. The molecule has 2 N–H and O–H groups in total. The molecule has 0 atom stereocenters. The van der Waals surface area contributed by atoms with Crippen LogP contribution < -0.4 is 0 Å². The fourth-order valence-electron chi connectivity index (χ4n) is 6.34. The van der Waals surface area contributed by atoms with E-state index in [-0.39, 0.29) is 24.4 Å². The van der Waals surface area contributed by atoms with Gasteiger partial charge in [-0.3, -0.25) is 0 Å². The largest absolute Gasteiger partial charge is 0.462 e. The number of hydrogen-bond acceptors (Lipinski definition) is 6. The van der Waals surface area contributed by atoms with Gasteiger partial charge in [0.1, 0.15) is 0 Å². The summed E-state index contributed by atoms with van der Waals surface area (Å²) >= 11 is 0. The summed E-state index contributed by atoms with van der Waals surface area (Å²) in [6.45, 7) is 8.69. The first-order valence-electron chi connectivity index (χ1n) is 17.1. The van der Waals surface area contributed by atoms with Crippen molar-refractivity contribution >= 4 is 11.9 Å². The second-order valence-electron chi connectivity index (χ2n) is 12.7. The lowest BCUT2D eigenvalue weighted by atomic mass is 9.77.